The number of carbonyl (C=O) groups excluding carboxylic acids is 2. The number of halogens is 1. The lowest BCUT2D eigenvalue weighted by atomic mass is 10.4. The van der Waals surface area contributed by atoms with E-state index in [2.05, 4.69) is 21.2 Å². The highest BCUT2D eigenvalue weighted by molar-refractivity contribution is 9.09. The molecule has 13 heavy (non-hydrogen) atoms. The molecule has 0 radical (unpaired) electrons. The van der Waals surface area contributed by atoms with E-state index in [4.69, 9.17) is 4.74 Å². The molecule has 0 atom stereocenters. The Hall–Kier alpha value is -0.620. The molecule has 3 amide bonds. The van der Waals surface area contributed by atoms with Gasteiger partial charge in [-0.25, -0.2) is 4.79 Å². The Balaban J connectivity index is 2.33. The van der Waals surface area contributed by atoms with Crippen molar-refractivity contribution in [2.24, 2.45) is 0 Å². The summed E-state index contributed by atoms with van der Waals surface area (Å²) in [6.45, 7) is 2.16. The van der Waals surface area contributed by atoms with Crippen molar-refractivity contribution in [1.29, 1.82) is 0 Å². The third-order valence-corrected chi connectivity index (χ3v) is 2.18. The normalized spacial score (nSPS) is 16.8. The maximum absolute atomic E-state index is 11.3. The van der Waals surface area contributed by atoms with E-state index in [0.29, 0.717) is 26.3 Å². The Kier molecular flexibility index (Phi) is 4.17. The van der Waals surface area contributed by atoms with E-state index in [1.165, 1.54) is 0 Å². The van der Waals surface area contributed by atoms with Crippen LogP contribution >= 0.6 is 15.9 Å². The molecule has 1 rings (SSSR count). The number of hydrogen-bond donors (Lipinski definition) is 1. The number of urea groups is 1. The molecule has 0 bridgehead atoms. The first-order chi connectivity index (χ1) is 6.24. The molecule has 1 aliphatic rings. The highest BCUT2D eigenvalue weighted by atomic mass is 79.9. The smallest absolute Gasteiger partial charge is 0.324 e. The Morgan fingerprint density at radius 2 is 2.00 bits per heavy atom. The second-order valence-electron chi connectivity index (χ2n) is 2.59. The number of ether oxygens (including phenoxy) is 1. The van der Waals surface area contributed by atoms with Crippen LogP contribution in [0.2, 0.25) is 0 Å². The standard InChI is InChI=1S/C7H11BrN2O3/c8-5-6(11)9-7(12)10-1-3-13-4-2-10/h1-5H2,(H,9,11,12). The van der Waals surface area contributed by atoms with Crippen LogP contribution < -0.4 is 5.32 Å². The van der Waals surface area contributed by atoms with Gasteiger partial charge in [0, 0.05) is 13.1 Å². The average Bonchev–Trinajstić information content (AvgIpc) is 2.19. The fourth-order valence-corrected chi connectivity index (χ4v) is 1.14. The van der Waals surface area contributed by atoms with Crippen LogP contribution in [0.15, 0.2) is 0 Å². The van der Waals surface area contributed by atoms with Crippen molar-refractivity contribution in [3.63, 3.8) is 0 Å². The van der Waals surface area contributed by atoms with Gasteiger partial charge in [0.15, 0.2) is 0 Å². The first kappa shape index (κ1) is 10.5. The summed E-state index contributed by atoms with van der Waals surface area (Å²) in [5.41, 5.74) is 0. The zero-order valence-electron chi connectivity index (χ0n) is 7.09. The van der Waals surface area contributed by atoms with Crippen LogP contribution in [0.3, 0.4) is 0 Å². The molecule has 1 fully saturated rings. The minimum absolute atomic E-state index is 0.142. The van der Waals surface area contributed by atoms with E-state index in [9.17, 15) is 9.59 Å². The van der Waals surface area contributed by atoms with Crippen molar-refractivity contribution >= 4 is 27.9 Å². The Morgan fingerprint density at radius 1 is 1.38 bits per heavy atom. The van der Waals surface area contributed by atoms with Gasteiger partial charge in [-0.15, -0.1) is 0 Å². The molecule has 0 spiro atoms. The molecular weight excluding hydrogens is 240 g/mol. The predicted molar refractivity (Wildman–Crippen MR) is 49.7 cm³/mol. The number of nitrogens with zero attached hydrogens (tertiary/aromatic N) is 1. The highest BCUT2D eigenvalue weighted by Crippen LogP contribution is 1.96. The number of rotatable bonds is 1. The van der Waals surface area contributed by atoms with Crippen LogP contribution in [0.25, 0.3) is 0 Å². The van der Waals surface area contributed by atoms with Gasteiger partial charge in [-0.3, -0.25) is 10.1 Å². The second-order valence-corrected chi connectivity index (χ2v) is 3.15. The molecule has 74 valence electrons. The fraction of sp³-hybridized carbons (Fsp3) is 0.714. The van der Waals surface area contributed by atoms with Crippen molar-refractivity contribution in [3.8, 4) is 0 Å². The summed E-state index contributed by atoms with van der Waals surface area (Å²) >= 11 is 2.96. The molecule has 0 aromatic carbocycles. The first-order valence-electron chi connectivity index (χ1n) is 3.96. The Morgan fingerprint density at radius 3 is 2.54 bits per heavy atom. The summed E-state index contributed by atoms with van der Waals surface area (Å²) in [5.74, 6) is -0.323. The SMILES string of the molecule is O=C(CBr)NC(=O)N1CCOCC1. The van der Waals surface area contributed by atoms with Gasteiger partial charge in [-0.2, -0.15) is 0 Å². The summed E-state index contributed by atoms with van der Waals surface area (Å²) in [5, 5.41) is 2.39. The van der Waals surface area contributed by atoms with Gasteiger partial charge < -0.3 is 9.64 Å². The van der Waals surface area contributed by atoms with E-state index >= 15 is 0 Å². The molecule has 1 heterocycles. The Bertz CT molecular complexity index is 204. The average molecular weight is 251 g/mol. The molecule has 6 heteroatoms. The molecule has 0 saturated carbocycles. The minimum atomic E-state index is -0.340. The summed E-state index contributed by atoms with van der Waals surface area (Å²) in [4.78, 5) is 23.7. The maximum atomic E-state index is 11.3. The van der Waals surface area contributed by atoms with Gasteiger partial charge >= 0.3 is 6.03 Å². The summed E-state index contributed by atoms with van der Waals surface area (Å²) in [6, 6.07) is -0.340. The minimum Gasteiger partial charge on any atom is -0.378 e. The highest BCUT2D eigenvalue weighted by Gasteiger charge is 2.17. The van der Waals surface area contributed by atoms with Crippen molar-refractivity contribution in [1.82, 2.24) is 10.2 Å². The molecular formula is C7H11BrN2O3. The summed E-state index contributed by atoms with van der Waals surface area (Å²) < 4.78 is 5.07. The maximum Gasteiger partial charge on any atom is 0.324 e. The lowest BCUT2D eigenvalue weighted by molar-refractivity contribution is -0.117. The number of alkyl halides is 1. The van der Waals surface area contributed by atoms with Crippen molar-refractivity contribution in [3.05, 3.63) is 0 Å². The summed E-state index contributed by atoms with van der Waals surface area (Å²) in [6.07, 6.45) is 0. The first-order valence-corrected chi connectivity index (χ1v) is 5.08. The van der Waals surface area contributed by atoms with Gasteiger partial charge in [0.2, 0.25) is 5.91 Å². The zero-order valence-corrected chi connectivity index (χ0v) is 8.67. The van der Waals surface area contributed by atoms with Crippen molar-refractivity contribution in [2.45, 2.75) is 0 Å². The van der Waals surface area contributed by atoms with Gasteiger partial charge in [-0.05, 0) is 0 Å². The third kappa shape index (κ3) is 3.31. The van der Waals surface area contributed by atoms with E-state index in [0.717, 1.165) is 0 Å². The van der Waals surface area contributed by atoms with Gasteiger partial charge in [0.05, 0.1) is 18.5 Å². The fourth-order valence-electron chi connectivity index (χ4n) is 0.998. The van der Waals surface area contributed by atoms with Crippen LogP contribution in [-0.2, 0) is 9.53 Å². The number of amides is 3. The molecule has 1 N–H and O–H groups in total. The van der Waals surface area contributed by atoms with Crippen LogP contribution in [0, 0.1) is 0 Å². The topological polar surface area (TPSA) is 58.6 Å². The summed E-state index contributed by atoms with van der Waals surface area (Å²) in [7, 11) is 0. The monoisotopic (exact) mass is 250 g/mol. The molecule has 0 unspecified atom stereocenters. The van der Waals surface area contributed by atoms with Crippen LogP contribution in [0.5, 0.6) is 0 Å². The van der Waals surface area contributed by atoms with Gasteiger partial charge in [0.1, 0.15) is 0 Å². The van der Waals surface area contributed by atoms with Crippen molar-refractivity contribution in [2.75, 3.05) is 31.6 Å². The molecule has 0 aliphatic carbocycles. The molecule has 0 aromatic rings. The lowest BCUT2D eigenvalue weighted by Crippen LogP contribution is -2.48. The Labute approximate surface area is 84.5 Å². The molecule has 0 aromatic heterocycles. The number of nitrogens with one attached hydrogen (secondary N) is 1. The van der Waals surface area contributed by atoms with E-state index in [-0.39, 0.29) is 17.3 Å². The van der Waals surface area contributed by atoms with E-state index in [1.54, 1.807) is 4.90 Å². The molecule has 1 aliphatic heterocycles. The number of morpholine rings is 1. The third-order valence-electron chi connectivity index (χ3n) is 1.67. The quantitative estimate of drug-likeness (QED) is 0.665. The zero-order chi connectivity index (χ0) is 9.68. The molecule has 5 nitrogen and oxygen atoms in total. The van der Waals surface area contributed by atoms with Crippen LogP contribution in [0.4, 0.5) is 4.79 Å². The van der Waals surface area contributed by atoms with Gasteiger partial charge in [0.25, 0.3) is 0 Å². The lowest BCUT2D eigenvalue weighted by Gasteiger charge is -2.26. The molecule has 1 saturated heterocycles. The van der Waals surface area contributed by atoms with Crippen LogP contribution in [0.1, 0.15) is 0 Å². The number of imide groups is 1. The number of carbonyl (C=O) groups is 2. The number of hydrogen-bond acceptors (Lipinski definition) is 3. The van der Waals surface area contributed by atoms with Crippen LogP contribution in [-0.4, -0.2) is 48.5 Å². The largest absolute Gasteiger partial charge is 0.378 e. The predicted octanol–water partition coefficient (Wildman–Crippen LogP) is -0.0503. The second kappa shape index (κ2) is 5.18. The van der Waals surface area contributed by atoms with Gasteiger partial charge in [-0.1, -0.05) is 15.9 Å². The van der Waals surface area contributed by atoms with E-state index < -0.39 is 0 Å². The van der Waals surface area contributed by atoms with E-state index in [1.807, 2.05) is 0 Å². The van der Waals surface area contributed by atoms with Crippen molar-refractivity contribution < 1.29 is 14.3 Å².